The van der Waals surface area contributed by atoms with Crippen LogP contribution >= 0.6 is 0 Å². The number of nitrogens with zero attached hydrogens (tertiary/aromatic N) is 6. The molecule has 13 heteroatoms. The molecular formula is C58H53N7O6. The minimum absolute atomic E-state index is 0.00259. The van der Waals surface area contributed by atoms with Crippen molar-refractivity contribution in [1.82, 2.24) is 30.1 Å². The number of aromatic nitrogens is 3. The molecule has 2 N–H and O–H groups in total. The van der Waals surface area contributed by atoms with Gasteiger partial charge in [0.05, 0.1) is 35.2 Å². The Hall–Kier alpha value is -8.08. The van der Waals surface area contributed by atoms with Crippen LogP contribution in [0, 0.1) is 17.8 Å². The second-order valence-electron chi connectivity index (χ2n) is 18.9. The van der Waals surface area contributed by atoms with Gasteiger partial charge in [-0.25, -0.2) is 14.4 Å². The molecule has 4 aliphatic rings. The first-order chi connectivity index (χ1) is 34.7. The summed E-state index contributed by atoms with van der Waals surface area (Å²) in [7, 11) is 0. The number of ether oxygens (including phenoxy) is 1. The third-order valence-electron chi connectivity index (χ3n) is 14.8. The number of anilines is 1. The Bertz CT molecular complexity index is 3180. The molecule has 1 aromatic heterocycles. The van der Waals surface area contributed by atoms with Crippen LogP contribution in [0.1, 0.15) is 96.6 Å². The molecule has 0 bridgehead atoms. The number of hydrogen-bond acceptors (Lipinski definition) is 9. The topological polar surface area (TPSA) is 150 Å². The molecule has 71 heavy (non-hydrogen) atoms. The van der Waals surface area contributed by atoms with E-state index < -0.39 is 59.5 Å². The number of aromatic hydroxyl groups is 1. The summed E-state index contributed by atoms with van der Waals surface area (Å²) in [6, 6.07) is 44.0. The van der Waals surface area contributed by atoms with Gasteiger partial charge in [0.2, 0.25) is 11.8 Å². The second-order valence-corrected chi connectivity index (χ2v) is 18.9. The Morgan fingerprint density at radius 3 is 2.13 bits per heavy atom. The Morgan fingerprint density at radius 1 is 0.761 bits per heavy atom. The Morgan fingerprint density at radius 2 is 1.41 bits per heavy atom. The van der Waals surface area contributed by atoms with Crippen molar-refractivity contribution in [1.29, 1.82) is 0 Å². The van der Waals surface area contributed by atoms with Gasteiger partial charge in [-0.1, -0.05) is 152 Å². The molecule has 356 valence electrons. The quantitative estimate of drug-likeness (QED) is 0.118. The lowest BCUT2D eigenvalue weighted by atomic mass is 9.64. The van der Waals surface area contributed by atoms with Gasteiger partial charge in [0.15, 0.2) is 0 Å². The van der Waals surface area contributed by atoms with Crippen molar-refractivity contribution >= 4 is 40.5 Å². The van der Waals surface area contributed by atoms with Crippen LogP contribution in [0.5, 0.6) is 5.75 Å². The van der Waals surface area contributed by atoms with Crippen molar-refractivity contribution in [3.63, 3.8) is 0 Å². The van der Waals surface area contributed by atoms with E-state index in [9.17, 15) is 5.11 Å². The number of benzene rings is 6. The van der Waals surface area contributed by atoms with Gasteiger partial charge in [-0.05, 0) is 90.0 Å². The minimum Gasteiger partial charge on any atom is -0.508 e. The van der Waals surface area contributed by atoms with Crippen LogP contribution in [0.15, 0.2) is 158 Å². The zero-order valence-corrected chi connectivity index (χ0v) is 39.3. The van der Waals surface area contributed by atoms with Gasteiger partial charge >= 0.3 is 12.0 Å². The maximum atomic E-state index is 16.8. The number of phenols is 1. The summed E-state index contributed by atoms with van der Waals surface area (Å²) in [5.74, 6) is 3.51. The smallest absolute Gasteiger partial charge is 0.329 e. The highest BCUT2D eigenvalue weighted by molar-refractivity contribution is 6.24. The van der Waals surface area contributed by atoms with E-state index in [1.165, 1.54) is 4.90 Å². The molecule has 7 aromatic rings. The Kier molecular flexibility index (Phi) is 12.2. The van der Waals surface area contributed by atoms with Gasteiger partial charge in [-0.15, -0.1) is 5.10 Å². The SMILES string of the molecule is C[C@@H](NC(=O)N1C(=O)[C@@]2(c3cc(C#CCn4nnc5ccccc54)ccc31)[C@H](C(=O)N1CCCCCCC1)[C@H]1C(=O)O[C@H](c3ccccc3)[C@H](c3ccccc3)N1[C@@H]2c1ccc(O)cc1)c1ccccc1. The van der Waals surface area contributed by atoms with Gasteiger partial charge < -0.3 is 20.1 Å². The number of cyclic esters (lactones) is 1. The van der Waals surface area contributed by atoms with Crippen molar-refractivity contribution in [3.05, 3.63) is 191 Å². The van der Waals surface area contributed by atoms with Crippen LogP contribution in [-0.4, -0.2) is 72.8 Å². The fraction of sp³-hybridized carbons (Fsp3) is 0.276. The fourth-order valence-corrected chi connectivity index (χ4v) is 11.6. The third kappa shape index (κ3) is 7.98. The number of imide groups is 1. The lowest BCUT2D eigenvalue weighted by molar-refractivity contribution is -0.179. The lowest BCUT2D eigenvalue weighted by Crippen LogP contribution is -2.57. The first-order valence-corrected chi connectivity index (χ1v) is 24.5. The van der Waals surface area contributed by atoms with Crippen LogP contribution in [0.3, 0.4) is 0 Å². The van der Waals surface area contributed by atoms with Gasteiger partial charge in [0, 0.05) is 18.7 Å². The van der Waals surface area contributed by atoms with E-state index in [2.05, 4.69) is 27.5 Å². The van der Waals surface area contributed by atoms with E-state index in [0.29, 0.717) is 29.8 Å². The lowest BCUT2D eigenvalue weighted by Gasteiger charge is -2.46. The highest BCUT2D eigenvalue weighted by atomic mass is 16.6. The van der Waals surface area contributed by atoms with E-state index in [4.69, 9.17) is 4.74 Å². The summed E-state index contributed by atoms with van der Waals surface area (Å²) in [4.78, 5) is 68.9. The number of nitrogens with one attached hydrogen (secondary N) is 1. The molecule has 4 amide bonds. The summed E-state index contributed by atoms with van der Waals surface area (Å²) >= 11 is 0. The molecule has 0 radical (unpaired) electrons. The van der Waals surface area contributed by atoms with Crippen molar-refractivity contribution in [2.24, 2.45) is 5.92 Å². The van der Waals surface area contributed by atoms with Crippen LogP contribution < -0.4 is 10.2 Å². The monoisotopic (exact) mass is 943 g/mol. The highest BCUT2D eigenvalue weighted by Gasteiger charge is 2.76. The first kappa shape index (κ1) is 45.4. The zero-order valence-electron chi connectivity index (χ0n) is 39.3. The fourth-order valence-electron chi connectivity index (χ4n) is 11.6. The largest absolute Gasteiger partial charge is 0.508 e. The van der Waals surface area contributed by atoms with Crippen LogP contribution in [0.25, 0.3) is 11.0 Å². The van der Waals surface area contributed by atoms with Crippen LogP contribution in [0.4, 0.5) is 10.5 Å². The summed E-state index contributed by atoms with van der Waals surface area (Å²) < 4.78 is 8.40. The van der Waals surface area contributed by atoms with E-state index in [-0.39, 0.29) is 23.9 Å². The second kappa shape index (κ2) is 19.0. The average molecular weight is 944 g/mol. The van der Waals surface area contributed by atoms with Gasteiger partial charge in [-0.2, -0.15) is 0 Å². The number of morpholine rings is 1. The molecule has 0 aliphatic carbocycles. The maximum absolute atomic E-state index is 16.8. The number of hydrogen-bond donors (Lipinski definition) is 2. The number of fused-ring (bicyclic) bond motifs is 4. The summed E-state index contributed by atoms with van der Waals surface area (Å²) in [5, 5.41) is 22.6. The number of carbonyl (C=O) groups excluding carboxylic acids is 4. The van der Waals surface area contributed by atoms with E-state index >= 15 is 19.2 Å². The molecule has 13 nitrogen and oxygen atoms in total. The predicted octanol–water partition coefficient (Wildman–Crippen LogP) is 9.12. The third-order valence-corrected chi connectivity index (χ3v) is 14.8. The predicted molar refractivity (Wildman–Crippen MR) is 267 cm³/mol. The number of urea groups is 1. The Labute approximate surface area is 412 Å². The van der Waals surface area contributed by atoms with Crippen molar-refractivity contribution < 1.29 is 29.0 Å². The van der Waals surface area contributed by atoms with E-state index in [1.54, 1.807) is 41.1 Å². The number of phenolic OH excluding ortho intramolecular Hbond substituents is 1. The molecule has 0 saturated carbocycles. The Balaban J connectivity index is 1.17. The number of para-hydroxylation sites is 1. The number of carbonyl (C=O) groups is 4. The molecule has 6 aromatic carbocycles. The first-order valence-electron chi connectivity index (χ1n) is 24.5. The molecule has 3 fully saturated rings. The average Bonchev–Trinajstić information content (AvgIpc) is 4.03. The number of rotatable bonds is 7. The summed E-state index contributed by atoms with van der Waals surface area (Å²) in [5.41, 5.74) is 3.73. The van der Waals surface area contributed by atoms with Gasteiger partial charge in [-0.3, -0.25) is 19.3 Å². The van der Waals surface area contributed by atoms with Gasteiger partial charge in [0.25, 0.3) is 0 Å². The molecule has 5 heterocycles. The highest BCUT2D eigenvalue weighted by Crippen LogP contribution is 2.66. The molecule has 0 unspecified atom stereocenters. The molecule has 7 atom stereocenters. The van der Waals surface area contributed by atoms with Crippen LogP contribution in [0.2, 0.25) is 0 Å². The molecule has 4 aliphatic heterocycles. The van der Waals surface area contributed by atoms with Gasteiger partial charge in [0.1, 0.15) is 35.4 Å². The molecule has 11 rings (SSSR count). The molecular weight excluding hydrogens is 891 g/mol. The minimum atomic E-state index is -1.94. The molecule has 3 saturated heterocycles. The van der Waals surface area contributed by atoms with Crippen molar-refractivity contribution in [3.8, 4) is 17.6 Å². The number of esters is 1. The number of likely N-dealkylation sites (tertiary alicyclic amines) is 1. The zero-order chi connectivity index (χ0) is 48.6. The van der Waals surface area contributed by atoms with E-state index in [1.807, 2.05) is 138 Å². The summed E-state index contributed by atoms with van der Waals surface area (Å²) in [6.45, 7) is 2.94. The van der Waals surface area contributed by atoms with E-state index in [0.717, 1.165) is 59.8 Å². The van der Waals surface area contributed by atoms with Crippen LogP contribution in [-0.2, 0) is 31.1 Å². The standard InChI is InChI=1S/C58H53N7O6/c1-38(40-20-8-5-9-21-40)59-57(70)64-47-33-28-39(19-18-36-63-48-27-15-14-26-46(48)60-61-63)37-45(47)58(56(64)69)49(54(67)62-34-16-3-2-4-17-35-62)51-55(68)71-52(42-24-12-7-13-25-42)50(41-22-10-6-11-23-41)65(51)53(58)43-29-31-44(66)32-30-43/h5-15,20-33,37-38,49-53,66H,2-4,16-17,34-36H2,1H3,(H,59,70)/t38-,49+,50+,51+,52-,53-,58+/m1/s1. The maximum Gasteiger partial charge on any atom is 0.329 e. The summed E-state index contributed by atoms with van der Waals surface area (Å²) in [6.07, 6.45) is 3.56. The molecule has 1 spiro atoms. The van der Waals surface area contributed by atoms with Crippen molar-refractivity contribution in [2.75, 3.05) is 18.0 Å². The van der Waals surface area contributed by atoms with Crippen molar-refractivity contribution in [2.45, 2.75) is 81.3 Å². The number of amides is 4. The normalized spacial score (nSPS) is 23.5.